The van der Waals surface area contributed by atoms with Crippen LogP contribution in [0.1, 0.15) is 13.8 Å². The Labute approximate surface area is 107 Å². The highest BCUT2D eigenvalue weighted by atomic mass is 32.2. The Morgan fingerprint density at radius 2 is 1.88 bits per heavy atom. The van der Waals surface area contributed by atoms with Crippen LogP contribution in [0.25, 0.3) is 0 Å². The van der Waals surface area contributed by atoms with Crippen LogP contribution in [0.5, 0.6) is 0 Å². The lowest BCUT2D eigenvalue weighted by molar-refractivity contribution is 0.340. The van der Waals surface area contributed by atoms with Gasteiger partial charge in [0.25, 0.3) is 0 Å². The van der Waals surface area contributed by atoms with E-state index in [-0.39, 0.29) is 6.04 Å². The van der Waals surface area contributed by atoms with Crippen molar-refractivity contribution in [2.24, 2.45) is 0 Å². The lowest BCUT2D eigenvalue weighted by atomic mass is 10.2. The van der Waals surface area contributed by atoms with E-state index in [0.29, 0.717) is 16.7 Å². The van der Waals surface area contributed by atoms with Crippen molar-refractivity contribution in [3.63, 3.8) is 0 Å². The zero-order valence-corrected chi connectivity index (χ0v) is 11.7. The molecular formula is C12H17NO2S2. The Hall–Kier alpha value is -0.520. The lowest BCUT2D eigenvalue weighted by Crippen LogP contribution is -2.47. The summed E-state index contributed by atoms with van der Waals surface area (Å²) in [6.07, 6.45) is 0. The molecular weight excluding hydrogens is 254 g/mol. The Bertz CT molecular complexity index is 473. The lowest BCUT2D eigenvalue weighted by Gasteiger charge is -2.36. The fourth-order valence-electron chi connectivity index (χ4n) is 1.97. The highest BCUT2D eigenvalue weighted by Crippen LogP contribution is 2.29. The molecule has 0 aliphatic carbocycles. The van der Waals surface area contributed by atoms with Crippen LogP contribution in [-0.2, 0) is 10.0 Å². The van der Waals surface area contributed by atoms with Crippen molar-refractivity contribution in [2.45, 2.75) is 30.0 Å². The molecule has 0 spiro atoms. The van der Waals surface area contributed by atoms with Gasteiger partial charge in [0.05, 0.1) is 4.90 Å². The second-order valence-electron chi connectivity index (χ2n) is 4.25. The number of benzene rings is 1. The Morgan fingerprint density at radius 3 is 2.53 bits per heavy atom. The summed E-state index contributed by atoms with van der Waals surface area (Å²) < 4.78 is 26.5. The third-order valence-corrected chi connectivity index (χ3v) is 6.51. The minimum Gasteiger partial charge on any atom is -0.207 e. The standard InChI is InChI=1S/C12H17NO2S2/c1-10-11(2)16-9-8-13(10)17(14,15)12-6-4-3-5-7-12/h3-7,10-11H,8-9H2,1-2H3. The molecule has 2 atom stereocenters. The zero-order valence-electron chi connectivity index (χ0n) is 10.0. The predicted octanol–water partition coefficient (Wildman–Crippen LogP) is 2.20. The second-order valence-corrected chi connectivity index (χ2v) is 7.62. The highest BCUT2D eigenvalue weighted by Gasteiger charge is 2.34. The first kappa shape index (κ1) is 12.9. The van der Waals surface area contributed by atoms with Crippen molar-refractivity contribution >= 4 is 21.8 Å². The van der Waals surface area contributed by atoms with E-state index in [9.17, 15) is 8.42 Å². The molecule has 0 N–H and O–H groups in total. The van der Waals surface area contributed by atoms with E-state index in [4.69, 9.17) is 0 Å². The van der Waals surface area contributed by atoms with E-state index in [2.05, 4.69) is 6.92 Å². The van der Waals surface area contributed by atoms with Crippen LogP contribution in [0.3, 0.4) is 0 Å². The van der Waals surface area contributed by atoms with Gasteiger partial charge in [-0.1, -0.05) is 25.1 Å². The van der Waals surface area contributed by atoms with Crippen LogP contribution in [0.2, 0.25) is 0 Å². The molecule has 3 nitrogen and oxygen atoms in total. The Kier molecular flexibility index (Phi) is 3.80. The van der Waals surface area contributed by atoms with Crippen molar-refractivity contribution < 1.29 is 8.42 Å². The maximum absolute atomic E-state index is 12.5. The molecule has 0 aromatic heterocycles. The summed E-state index contributed by atoms with van der Waals surface area (Å²) in [5.74, 6) is 0.873. The molecule has 1 aliphatic rings. The normalized spacial score (nSPS) is 26.9. The fraction of sp³-hybridized carbons (Fsp3) is 0.500. The molecule has 1 aliphatic heterocycles. The average Bonchev–Trinajstić information content (AvgIpc) is 2.33. The topological polar surface area (TPSA) is 37.4 Å². The molecule has 1 aromatic carbocycles. The molecule has 0 radical (unpaired) electrons. The maximum Gasteiger partial charge on any atom is 0.243 e. The van der Waals surface area contributed by atoms with Crippen LogP contribution in [0.15, 0.2) is 35.2 Å². The van der Waals surface area contributed by atoms with E-state index in [0.717, 1.165) is 5.75 Å². The first-order valence-electron chi connectivity index (χ1n) is 5.72. The molecule has 1 saturated heterocycles. The molecule has 1 aromatic rings. The number of sulfonamides is 1. The predicted molar refractivity (Wildman–Crippen MR) is 71.7 cm³/mol. The van der Waals surface area contributed by atoms with Crippen LogP contribution in [0.4, 0.5) is 0 Å². The molecule has 94 valence electrons. The summed E-state index contributed by atoms with van der Waals surface area (Å²) in [7, 11) is -3.32. The number of thioether (sulfide) groups is 1. The SMILES string of the molecule is CC1SCCN(S(=O)(=O)c2ccccc2)C1C. The molecule has 2 rings (SSSR count). The Balaban J connectivity index is 2.33. The summed E-state index contributed by atoms with van der Waals surface area (Å²) in [5.41, 5.74) is 0. The van der Waals surface area contributed by atoms with Crippen molar-refractivity contribution in [1.29, 1.82) is 0 Å². The second kappa shape index (κ2) is 5.00. The minimum absolute atomic E-state index is 0.0546. The van der Waals surface area contributed by atoms with Crippen LogP contribution in [-0.4, -0.2) is 36.3 Å². The maximum atomic E-state index is 12.5. The fourth-order valence-corrected chi connectivity index (χ4v) is 4.99. The molecule has 17 heavy (non-hydrogen) atoms. The highest BCUT2D eigenvalue weighted by molar-refractivity contribution is 8.00. The minimum atomic E-state index is -3.32. The summed E-state index contributed by atoms with van der Waals surface area (Å²) >= 11 is 1.84. The van der Waals surface area contributed by atoms with Crippen molar-refractivity contribution in [3.05, 3.63) is 30.3 Å². The summed E-state index contributed by atoms with van der Waals surface area (Å²) in [4.78, 5) is 0.394. The van der Waals surface area contributed by atoms with Gasteiger partial charge >= 0.3 is 0 Å². The van der Waals surface area contributed by atoms with Gasteiger partial charge in [0.2, 0.25) is 10.0 Å². The summed E-state index contributed by atoms with van der Waals surface area (Å²) in [5, 5.41) is 0.349. The number of nitrogens with zero attached hydrogens (tertiary/aromatic N) is 1. The average molecular weight is 271 g/mol. The molecule has 1 heterocycles. The van der Waals surface area contributed by atoms with Gasteiger partial charge in [-0.2, -0.15) is 16.1 Å². The quantitative estimate of drug-likeness (QED) is 0.827. The van der Waals surface area contributed by atoms with E-state index >= 15 is 0 Å². The third-order valence-electron chi connectivity index (χ3n) is 3.18. The zero-order chi connectivity index (χ0) is 12.5. The number of hydrogen-bond donors (Lipinski definition) is 0. The van der Waals surface area contributed by atoms with Gasteiger partial charge in [-0.05, 0) is 19.1 Å². The largest absolute Gasteiger partial charge is 0.243 e. The summed E-state index contributed by atoms with van der Waals surface area (Å²) in [6.45, 7) is 4.67. The smallest absolute Gasteiger partial charge is 0.207 e. The van der Waals surface area contributed by atoms with E-state index < -0.39 is 10.0 Å². The van der Waals surface area contributed by atoms with Crippen LogP contribution >= 0.6 is 11.8 Å². The van der Waals surface area contributed by atoms with Crippen molar-refractivity contribution in [3.8, 4) is 0 Å². The van der Waals surface area contributed by atoms with Crippen molar-refractivity contribution in [2.75, 3.05) is 12.3 Å². The Morgan fingerprint density at radius 1 is 1.24 bits per heavy atom. The first-order valence-corrected chi connectivity index (χ1v) is 8.21. The van der Waals surface area contributed by atoms with E-state index in [1.807, 2.05) is 24.8 Å². The van der Waals surface area contributed by atoms with Gasteiger partial charge in [-0.15, -0.1) is 0 Å². The third kappa shape index (κ3) is 2.51. The van der Waals surface area contributed by atoms with E-state index in [1.165, 1.54) is 0 Å². The van der Waals surface area contributed by atoms with Crippen LogP contribution in [0, 0.1) is 0 Å². The molecule has 5 heteroatoms. The first-order chi connectivity index (χ1) is 8.03. The molecule has 1 fully saturated rings. The summed E-state index contributed by atoms with van der Waals surface area (Å²) in [6, 6.07) is 8.73. The number of hydrogen-bond acceptors (Lipinski definition) is 3. The number of rotatable bonds is 2. The van der Waals surface area contributed by atoms with Crippen molar-refractivity contribution in [1.82, 2.24) is 4.31 Å². The van der Waals surface area contributed by atoms with Crippen LogP contribution < -0.4 is 0 Å². The molecule has 2 unspecified atom stereocenters. The van der Waals surface area contributed by atoms with Gasteiger partial charge in [0.15, 0.2) is 0 Å². The van der Waals surface area contributed by atoms with E-state index in [1.54, 1.807) is 28.6 Å². The molecule has 0 amide bonds. The van der Waals surface area contributed by atoms with Gasteiger partial charge in [0, 0.05) is 23.6 Å². The molecule has 0 bridgehead atoms. The van der Waals surface area contributed by atoms with Gasteiger partial charge < -0.3 is 0 Å². The molecule has 0 saturated carbocycles. The van der Waals surface area contributed by atoms with Gasteiger partial charge in [-0.3, -0.25) is 0 Å². The van der Waals surface area contributed by atoms with Gasteiger partial charge in [-0.25, -0.2) is 8.42 Å². The monoisotopic (exact) mass is 271 g/mol. The van der Waals surface area contributed by atoms with Gasteiger partial charge in [0.1, 0.15) is 0 Å².